The molecule has 1 spiro atoms. The largest absolute Gasteiger partial charge is 0.458 e. The highest BCUT2D eigenvalue weighted by Crippen LogP contribution is 2.76. The molecule has 8 heteroatoms. The molecule has 9 atom stereocenters. The minimum Gasteiger partial charge on any atom is -0.458 e. The Balaban J connectivity index is 1.58. The maximum absolute atomic E-state index is 13.3. The van der Waals surface area contributed by atoms with E-state index in [1.165, 1.54) is 38.5 Å². The molecule has 0 amide bonds. The number of ether oxygens (including phenoxy) is 2. The average molecular weight is 619 g/mol. The minimum atomic E-state index is -2.12. The van der Waals surface area contributed by atoms with Gasteiger partial charge in [-0.25, -0.2) is 0 Å². The van der Waals surface area contributed by atoms with Gasteiger partial charge in [0, 0.05) is 30.1 Å². The van der Waals surface area contributed by atoms with Crippen molar-refractivity contribution in [3.05, 3.63) is 23.3 Å². The Morgan fingerprint density at radius 3 is 2.14 bits per heavy atom. The third kappa shape index (κ3) is 5.60. The van der Waals surface area contributed by atoms with Crippen LogP contribution in [-0.4, -0.2) is 68.5 Å². The van der Waals surface area contributed by atoms with Crippen LogP contribution in [0.15, 0.2) is 23.3 Å². The first-order valence-electron chi connectivity index (χ1n) is 17.3. The van der Waals surface area contributed by atoms with E-state index in [-0.39, 0.29) is 23.9 Å². The standard InChI is InChI=1S/C36H58O8/c1-7-9-10-11-12-13-14-15-16-18-28(39)44-35-21-24(4)34-20-23(3)32(43-27(38)17-8-2)36(34,42)30(40)25(22-37)19-26(31(34)41)29(35)33(35,5)6/h19-20,24,26,29-32,37,40-42H,7-18,21-22H2,1-6H3/t24-,26+,29-,30-,31?,32+,34+,35+,36+/m1/s1. The maximum atomic E-state index is 13.3. The van der Waals surface area contributed by atoms with Crippen LogP contribution in [0.4, 0.5) is 0 Å². The first-order chi connectivity index (χ1) is 20.8. The summed E-state index contributed by atoms with van der Waals surface area (Å²) in [6.07, 6.45) is 11.3. The number of hydrogen-bond donors (Lipinski definition) is 4. The maximum Gasteiger partial charge on any atom is 0.306 e. The Bertz CT molecular complexity index is 1110. The van der Waals surface area contributed by atoms with Crippen molar-refractivity contribution >= 4 is 11.9 Å². The van der Waals surface area contributed by atoms with Gasteiger partial charge in [-0.3, -0.25) is 9.59 Å². The lowest BCUT2D eigenvalue weighted by atomic mass is 9.58. The number of carbonyl (C=O) groups excluding carboxylic acids is 2. The number of fused-ring (bicyclic) bond motifs is 3. The van der Waals surface area contributed by atoms with Crippen molar-refractivity contribution in [3.8, 4) is 0 Å². The van der Waals surface area contributed by atoms with Crippen LogP contribution < -0.4 is 0 Å². The van der Waals surface area contributed by atoms with Crippen LogP contribution in [0.1, 0.15) is 125 Å². The summed E-state index contributed by atoms with van der Waals surface area (Å²) in [4.78, 5) is 26.0. The fourth-order valence-corrected chi connectivity index (χ4v) is 9.43. The van der Waals surface area contributed by atoms with Gasteiger partial charge in [0.05, 0.1) is 18.1 Å². The minimum absolute atomic E-state index is 0.153. The average Bonchev–Trinajstić information content (AvgIpc) is 3.37. The molecule has 250 valence electrons. The van der Waals surface area contributed by atoms with Gasteiger partial charge in [-0.15, -0.1) is 0 Å². The predicted octanol–water partition coefficient (Wildman–Crippen LogP) is 5.54. The van der Waals surface area contributed by atoms with Crippen molar-refractivity contribution in [2.75, 3.05) is 6.61 Å². The number of aliphatic hydroxyl groups is 4. The Kier molecular flexibility index (Phi) is 10.8. The second kappa shape index (κ2) is 13.5. The van der Waals surface area contributed by atoms with E-state index in [1.807, 2.05) is 27.7 Å². The van der Waals surface area contributed by atoms with Gasteiger partial charge in [0.2, 0.25) is 0 Å². The van der Waals surface area contributed by atoms with E-state index in [2.05, 4.69) is 6.92 Å². The monoisotopic (exact) mass is 618 g/mol. The normalized spacial score (nSPS) is 38.4. The Hall–Kier alpha value is -1.74. The molecule has 4 N–H and O–H groups in total. The molecule has 0 saturated heterocycles. The van der Waals surface area contributed by atoms with E-state index >= 15 is 0 Å². The van der Waals surface area contributed by atoms with Crippen molar-refractivity contribution in [1.82, 2.24) is 0 Å². The van der Waals surface area contributed by atoms with Crippen molar-refractivity contribution < 1.29 is 39.5 Å². The van der Waals surface area contributed by atoms with Gasteiger partial charge in [0.15, 0.2) is 6.10 Å². The van der Waals surface area contributed by atoms with E-state index in [1.54, 1.807) is 19.1 Å². The van der Waals surface area contributed by atoms with Gasteiger partial charge in [-0.2, -0.15) is 0 Å². The van der Waals surface area contributed by atoms with Gasteiger partial charge in [-0.05, 0) is 43.3 Å². The highest BCUT2D eigenvalue weighted by molar-refractivity contribution is 5.71. The molecule has 2 fully saturated rings. The Labute approximate surface area is 264 Å². The van der Waals surface area contributed by atoms with Crippen LogP contribution >= 0.6 is 0 Å². The second-order valence-corrected chi connectivity index (χ2v) is 14.8. The fraction of sp³-hybridized carbons (Fsp3) is 0.833. The van der Waals surface area contributed by atoms with Crippen LogP contribution in [0, 0.1) is 28.6 Å². The molecule has 2 saturated carbocycles. The number of rotatable bonds is 15. The second-order valence-electron chi connectivity index (χ2n) is 14.8. The van der Waals surface area contributed by atoms with Gasteiger partial charge < -0.3 is 29.9 Å². The number of aliphatic hydroxyl groups excluding tert-OH is 3. The highest BCUT2D eigenvalue weighted by Gasteiger charge is 2.83. The molecule has 1 unspecified atom stereocenters. The molecule has 2 bridgehead atoms. The number of carbonyl (C=O) groups is 2. The summed E-state index contributed by atoms with van der Waals surface area (Å²) in [7, 11) is 0. The SMILES string of the molecule is CCCCCCCCCCCC(=O)O[C@@]12C[C@@H](C)[C@]34C=C(C)[C@H](OC(=O)CCC)[C@@]3(O)[C@H](O)C(CO)=C[C@H](C4O)[C@@H]1C2(C)C. The van der Waals surface area contributed by atoms with Crippen molar-refractivity contribution in [2.24, 2.45) is 28.6 Å². The fourth-order valence-electron chi connectivity index (χ4n) is 9.43. The molecule has 44 heavy (non-hydrogen) atoms. The zero-order chi connectivity index (χ0) is 32.5. The van der Waals surface area contributed by atoms with E-state index in [0.29, 0.717) is 24.8 Å². The molecule has 0 aliphatic heterocycles. The van der Waals surface area contributed by atoms with Crippen LogP contribution in [0.25, 0.3) is 0 Å². The summed E-state index contributed by atoms with van der Waals surface area (Å²) < 4.78 is 12.2. The summed E-state index contributed by atoms with van der Waals surface area (Å²) in [6.45, 7) is 11.3. The Morgan fingerprint density at radius 2 is 1.55 bits per heavy atom. The third-order valence-electron chi connectivity index (χ3n) is 11.8. The zero-order valence-corrected chi connectivity index (χ0v) is 27.9. The molecule has 0 aromatic heterocycles. The van der Waals surface area contributed by atoms with Crippen LogP contribution in [0.5, 0.6) is 0 Å². The zero-order valence-electron chi connectivity index (χ0n) is 27.9. The smallest absolute Gasteiger partial charge is 0.306 e. The van der Waals surface area contributed by atoms with E-state index in [0.717, 1.165) is 19.3 Å². The third-order valence-corrected chi connectivity index (χ3v) is 11.8. The molecular weight excluding hydrogens is 560 g/mol. The summed E-state index contributed by atoms with van der Waals surface area (Å²) >= 11 is 0. The van der Waals surface area contributed by atoms with Gasteiger partial charge >= 0.3 is 11.9 Å². The Morgan fingerprint density at radius 1 is 0.932 bits per heavy atom. The molecular formula is C36H58O8. The lowest BCUT2D eigenvalue weighted by molar-refractivity contribution is -0.225. The topological polar surface area (TPSA) is 134 Å². The first-order valence-corrected chi connectivity index (χ1v) is 17.3. The molecule has 4 aliphatic rings. The summed E-state index contributed by atoms with van der Waals surface area (Å²) in [5.41, 5.74) is -4.17. The van der Waals surface area contributed by atoms with E-state index in [4.69, 9.17) is 9.47 Å². The quantitative estimate of drug-likeness (QED) is 0.107. The summed E-state index contributed by atoms with van der Waals surface area (Å²) in [5.74, 6) is -2.12. The molecule has 0 radical (unpaired) electrons. The lowest BCUT2D eigenvalue weighted by Gasteiger charge is -2.52. The van der Waals surface area contributed by atoms with Crippen LogP contribution in [0.2, 0.25) is 0 Å². The lowest BCUT2D eigenvalue weighted by Crippen LogP contribution is -2.67. The van der Waals surface area contributed by atoms with Crippen molar-refractivity contribution in [3.63, 3.8) is 0 Å². The molecule has 0 heterocycles. The van der Waals surface area contributed by atoms with Crippen LogP contribution in [0.3, 0.4) is 0 Å². The summed E-state index contributed by atoms with van der Waals surface area (Å²) in [6, 6.07) is 0. The van der Waals surface area contributed by atoms with E-state index in [9.17, 15) is 30.0 Å². The highest BCUT2D eigenvalue weighted by atomic mass is 16.6. The predicted molar refractivity (Wildman–Crippen MR) is 168 cm³/mol. The van der Waals surface area contributed by atoms with Crippen LogP contribution in [-0.2, 0) is 19.1 Å². The molecule has 0 aromatic rings. The van der Waals surface area contributed by atoms with Crippen molar-refractivity contribution in [2.45, 2.75) is 155 Å². The number of hydrogen-bond acceptors (Lipinski definition) is 8. The molecule has 4 aliphatic carbocycles. The molecule has 8 nitrogen and oxygen atoms in total. The van der Waals surface area contributed by atoms with E-state index < -0.39 is 64.8 Å². The first kappa shape index (κ1) is 35.1. The number of unbranched alkanes of at least 4 members (excludes halogenated alkanes) is 8. The summed E-state index contributed by atoms with van der Waals surface area (Å²) in [5, 5.41) is 47.0. The number of esters is 2. The van der Waals surface area contributed by atoms with Crippen molar-refractivity contribution in [1.29, 1.82) is 0 Å². The van der Waals surface area contributed by atoms with Gasteiger partial charge in [0.25, 0.3) is 0 Å². The van der Waals surface area contributed by atoms with Gasteiger partial charge in [0.1, 0.15) is 17.3 Å². The molecule has 4 rings (SSSR count). The molecule has 0 aromatic carbocycles. The van der Waals surface area contributed by atoms with Gasteiger partial charge in [-0.1, -0.05) is 98.1 Å².